The molecule has 0 spiro atoms. The molecule has 1 N–H and O–H groups in total. The van der Waals surface area contributed by atoms with Gasteiger partial charge in [-0.3, -0.25) is 9.69 Å². The molecule has 0 bridgehead atoms. The molecule has 2 rings (SSSR count). The molecule has 116 valence electrons. The van der Waals surface area contributed by atoms with Gasteiger partial charge < -0.3 is 19.4 Å². The van der Waals surface area contributed by atoms with E-state index < -0.39 is 0 Å². The number of methoxy groups -OCH3 is 1. The molecule has 0 saturated carbocycles. The Morgan fingerprint density at radius 3 is 2.62 bits per heavy atom. The fourth-order valence-electron chi connectivity index (χ4n) is 2.13. The molecular formula is C13H18BrN3O4. The van der Waals surface area contributed by atoms with Crippen LogP contribution in [-0.4, -0.2) is 68.2 Å². The number of carbonyl (C=O) groups excluding carboxylic acids is 2. The van der Waals surface area contributed by atoms with Crippen molar-refractivity contribution < 1.29 is 18.7 Å². The molecular weight excluding hydrogens is 342 g/mol. The summed E-state index contributed by atoms with van der Waals surface area (Å²) in [7, 11) is 1.39. The quantitative estimate of drug-likeness (QED) is 0.872. The third-order valence-electron chi connectivity index (χ3n) is 3.32. The van der Waals surface area contributed by atoms with E-state index in [-0.39, 0.29) is 17.8 Å². The molecule has 1 fully saturated rings. The highest BCUT2D eigenvalue weighted by Gasteiger charge is 2.21. The van der Waals surface area contributed by atoms with Crippen molar-refractivity contribution >= 4 is 27.9 Å². The number of rotatable bonds is 4. The predicted molar refractivity (Wildman–Crippen MR) is 79.2 cm³/mol. The van der Waals surface area contributed by atoms with Crippen LogP contribution in [-0.2, 0) is 4.74 Å². The number of hydrogen-bond acceptors (Lipinski definition) is 5. The van der Waals surface area contributed by atoms with E-state index in [0.29, 0.717) is 24.3 Å². The van der Waals surface area contributed by atoms with Crippen molar-refractivity contribution in [3.8, 4) is 0 Å². The Balaban J connectivity index is 1.66. The first-order chi connectivity index (χ1) is 10.1. The monoisotopic (exact) mass is 359 g/mol. The van der Waals surface area contributed by atoms with Gasteiger partial charge in [0.1, 0.15) is 0 Å². The van der Waals surface area contributed by atoms with E-state index in [1.54, 1.807) is 17.0 Å². The minimum atomic E-state index is -0.286. The van der Waals surface area contributed by atoms with Crippen LogP contribution in [0, 0.1) is 0 Å². The maximum atomic E-state index is 11.8. The summed E-state index contributed by atoms with van der Waals surface area (Å²) in [6.45, 7) is 4.12. The van der Waals surface area contributed by atoms with Crippen molar-refractivity contribution in [3.05, 3.63) is 22.6 Å². The fourth-order valence-corrected chi connectivity index (χ4v) is 2.44. The van der Waals surface area contributed by atoms with Crippen LogP contribution in [0.4, 0.5) is 4.79 Å². The normalized spacial score (nSPS) is 15.8. The van der Waals surface area contributed by atoms with Gasteiger partial charge in [-0.05, 0) is 28.1 Å². The Labute approximate surface area is 131 Å². The minimum absolute atomic E-state index is 0.228. The van der Waals surface area contributed by atoms with Crippen LogP contribution in [0.2, 0.25) is 0 Å². The van der Waals surface area contributed by atoms with Gasteiger partial charge in [-0.1, -0.05) is 0 Å². The zero-order chi connectivity index (χ0) is 15.2. The molecule has 2 amide bonds. The molecule has 7 nitrogen and oxygen atoms in total. The minimum Gasteiger partial charge on any atom is -0.453 e. The lowest BCUT2D eigenvalue weighted by atomic mass is 10.3. The molecule has 1 aromatic rings. The largest absolute Gasteiger partial charge is 0.453 e. The van der Waals surface area contributed by atoms with Gasteiger partial charge in [0.15, 0.2) is 10.4 Å². The van der Waals surface area contributed by atoms with Crippen molar-refractivity contribution in [1.82, 2.24) is 15.1 Å². The molecule has 0 atom stereocenters. The summed E-state index contributed by atoms with van der Waals surface area (Å²) in [5.74, 6) is 0.0614. The van der Waals surface area contributed by atoms with Crippen molar-refractivity contribution in [2.45, 2.75) is 0 Å². The molecule has 2 heterocycles. The summed E-state index contributed by atoms with van der Waals surface area (Å²) in [5.41, 5.74) is 0. The van der Waals surface area contributed by atoms with E-state index in [0.717, 1.165) is 19.6 Å². The number of amides is 2. The third-order valence-corrected chi connectivity index (χ3v) is 3.74. The van der Waals surface area contributed by atoms with E-state index in [2.05, 4.69) is 30.9 Å². The Morgan fingerprint density at radius 2 is 2.05 bits per heavy atom. The van der Waals surface area contributed by atoms with Gasteiger partial charge in [0.25, 0.3) is 5.91 Å². The lowest BCUT2D eigenvalue weighted by molar-refractivity contribution is 0.0872. The van der Waals surface area contributed by atoms with E-state index in [4.69, 9.17) is 4.42 Å². The van der Waals surface area contributed by atoms with Crippen molar-refractivity contribution in [1.29, 1.82) is 0 Å². The average Bonchev–Trinajstić information content (AvgIpc) is 2.94. The molecule has 0 aromatic carbocycles. The maximum Gasteiger partial charge on any atom is 0.409 e. The van der Waals surface area contributed by atoms with Gasteiger partial charge in [0, 0.05) is 39.3 Å². The van der Waals surface area contributed by atoms with Gasteiger partial charge in [-0.2, -0.15) is 0 Å². The van der Waals surface area contributed by atoms with Crippen LogP contribution in [0.15, 0.2) is 21.2 Å². The summed E-state index contributed by atoms with van der Waals surface area (Å²) in [5, 5.41) is 2.80. The van der Waals surface area contributed by atoms with Crippen LogP contribution < -0.4 is 5.32 Å². The Hall–Kier alpha value is -1.54. The van der Waals surface area contributed by atoms with Crippen LogP contribution in [0.1, 0.15) is 10.6 Å². The molecule has 1 aliphatic heterocycles. The summed E-state index contributed by atoms with van der Waals surface area (Å²) >= 11 is 3.16. The zero-order valence-electron chi connectivity index (χ0n) is 11.8. The van der Waals surface area contributed by atoms with Gasteiger partial charge in [0.05, 0.1) is 7.11 Å². The molecule has 0 radical (unpaired) electrons. The standard InChI is InChI=1S/C13H18BrN3O4/c1-20-13(19)17-8-6-16(7-9-17)5-4-15-12(18)10-2-3-11(14)21-10/h2-3H,4-9H2,1H3,(H,15,18). The highest BCUT2D eigenvalue weighted by molar-refractivity contribution is 9.10. The van der Waals surface area contributed by atoms with Gasteiger partial charge in [0.2, 0.25) is 0 Å². The van der Waals surface area contributed by atoms with Gasteiger partial charge >= 0.3 is 6.09 Å². The number of furan rings is 1. The van der Waals surface area contributed by atoms with Gasteiger partial charge in [-0.25, -0.2) is 4.79 Å². The number of hydrogen-bond donors (Lipinski definition) is 1. The van der Waals surface area contributed by atoms with Crippen molar-refractivity contribution in [2.75, 3.05) is 46.4 Å². The summed E-state index contributed by atoms with van der Waals surface area (Å²) < 4.78 is 10.4. The Bertz CT molecular complexity index is 497. The Morgan fingerprint density at radius 1 is 1.33 bits per heavy atom. The number of ether oxygens (including phenoxy) is 1. The second-order valence-corrected chi connectivity index (χ2v) is 5.44. The van der Waals surface area contributed by atoms with Crippen LogP contribution >= 0.6 is 15.9 Å². The lowest BCUT2D eigenvalue weighted by Gasteiger charge is -2.33. The molecule has 0 aliphatic carbocycles. The first-order valence-electron chi connectivity index (χ1n) is 6.69. The van der Waals surface area contributed by atoms with E-state index in [9.17, 15) is 9.59 Å². The summed E-state index contributed by atoms with van der Waals surface area (Å²) in [4.78, 5) is 27.0. The number of nitrogens with zero attached hydrogens (tertiary/aromatic N) is 2. The highest BCUT2D eigenvalue weighted by Crippen LogP contribution is 2.13. The second-order valence-electron chi connectivity index (χ2n) is 4.66. The SMILES string of the molecule is COC(=O)N1CCN(CCNC(=O)c2ccc(Br)o2)CC1. The van der Waals surface area contributed by atoms with Crippen LogP contribution in [0.3, 0.4) is 0 Å². The van der Waals surface area contributed by atoms with Crippen molar-refractivity contribution in [3.63, 3.8) is 0 Å². The highest BCUT2D eigenvalue weighted by atomic mass is 79.9. The summed E-state index contributed by atoms with van der Waals surface area (Å²) in [6.07, 6.45) is -0.286. The first kappa shape index (κ1) is 15.8. The van der Waals surface area contributed by atoms with E-state index in [1.807, 2.05) is 0 Å². The number of carbonyl (C=O) groups is 2. The molecule has 1 aromatic heterocycles. The maximum absolute atomic E-state index is 11.8. The van der Waals surface area contributed by atoms with Crippen molar-refractivity contribution in [2.24, 2.45) is 0 Å². The molecule has 21 heavy (non-hydrogen) atoms. The number of nitrogens with one attached hydrogen (secondary N) is 1. The van der Waals surface area contributed by atoms with Crippen LogP contribution in [0.25, 0.3) is 0 Å². The number of halogens is 1. The average molecular weight is 360 g/mol. The fraction of sp³-hybridized carbons (Fsp3) is 0.538. The molecule has 8 heteroatoms. The van der Waals surface area contributed by atoms with Crippen LogP contribution in [0.5, 0.6) is 0 Å². The first-order valence-corrected chi connectivity index (χ1v) is 7.48. The third kappa shape index (κ3) is 4.47. The van der Waals surface area contributed by atoms with E-state index >= 15 is 0 Å². The Kier molecular flexibility index (Phi) is 5.63. The zero-order valence-corrected chi connectivity index (χ0v) is 13.4. The predicted octanol–water partition coefficient (Wildman–Crippen LogP) is 1.16. The summed E-state index contributed by atoms with van der Waals surface area (Å²) in [6, 6.07) is 3.30. The number of piperazine rings is 1. The molecule has 1 aliphatic rings. The smallest absolute Gasteiger partial charge is 0.409 e. The second kappa shape index (κ2) is 7.46. The lowest BCUT2D eigenvalue weighted by Crippen LogP contribution is -2.50. The topological polar surface area (TPSA) is 75.0 Å². The molecule has 0 unspecified atom stereocenters. The van der Waals surface area contributed by atoms with E-state index in [1.165, 1.54) is 7.11 Å². The van der Waals surface area contributed by atoms with Gasteiger partial charge in [-0.15, -0.1) is 0 Å². The molecule has 1 saturated heterocycles.